The number of nitrogens with one attached hydrogen (secondary N) is 1. The first-order valence-electron chi connectivity index (χ1n) is 7.38. The van der Waals surface area contributed by atoms with Gasteiger partial charge in [0.2, 0.25) is 15.9 Å². The minimum atomic E-state index is -3.69. The van der Waals surface area contributed by atoms with Crippen molar-refractivity contribution in [2.75, 3.05) is 0 Å². The quantitative estimate of drug-likeness (QED) is 0.771. The fourth-order valence-corrected chi connectivity index (χ4v) is 3.41. The molecule has 1 atom stereocenters. The van der Waals surface area contributed by atoms with E-state index in [0.29, 0.717) is 6.54 Å². The highest BCUT2D eigenvalue weighted by Crippen LogP contribution is 2.23. The van der Waals surface area contributed by atoms with Gasteiger partial charge >= 0.3 is 0 Å². The zero-order valence-corrected chi connectivity index (χ0v) is 15.2. The standard InChI is InChI=1S/C17H20N2O3S2/c1-12-3-7-15(8-4-12)23-13(2)17(20)19-11-14-5-9-16(10-6-14)24(18,21)22/h3-10,13H,11H2,1-2H3,(H,19,20)(H2,18,21,22). The van der Waals surface area contributed by atoms with Gasteiger partial charge in [-0.25, -0.2) is 13.6 Å². The minimum absolute atomic E-state index is 0.0564. The van der Waals surface area contributed by atoms with Gasteiger partial charge in [-0.3, -0.25) is 4.79 Å². The molecule has 0 aromatic heterocycles. The number of sulfonamides is 1. The van der Waals surface area contributed by atoms with Crippen LogP contribution in [0.3, 0.4) is 0 Å². The number of thioether (sulfide) groups is 1. The van der Waals surface area contributed by atoms with Gasteiger partial charge in [0.25, 0.3) is 0 Å². The lowest BCUT2D eigenvalue weighted by Gasteiger charge is -2.12. The van der Waals surface area contributed by atoms with Crippen LogP contribution in [0.1, 0.15) is 18.1 Å². The van der Waals surface area contributed by atoms with Gasteiger partial charge in [-0.1, -0.05) is 29.8 Å². The zero-order chi connectivity index (χ0) is 17.7. The molecule has 2 aromatic rings. The van der Waals surface area contributed by atoms with Gasteiger partial charge in [-0.2, -0.15) is 0 Å². The Morgan fingerprint density at radius 3 is 2.25 bits per heavy atom. The van der Waals surface area contributed by atoms with Crippen molar-refractivity contribution in [2.24, 2.45) is 5.14 Å². The van der Waals surface area contributed by atoms with Gasteiger partial charge < -0.3 is 5.32 Å². The second-order valence-electron chi connectivity index (χ2n) is 5.48. The summed E-state index contributed by atoms with van der Waals surface area (Å²) in [6, 6.07) is 14.2. The summed E-state index contributed by atoms with van der Waals surface area (Å²) in [7, 11) is -3.69. The molecule has 0 heterocycles. The number of hydrogen-bond acceptors (Lipinski definition) is 4. The van der Waals surface area contributed by atoms with Crippen molar-refractivity contribution < 1.29 is 13.2 Å². The Kier molecular flexibility index (Phi) is 6.04. The van der Waals surface area contributed by atoms with E-state index in [4.69, 9.17) is 5.14 Å². The van der Waals surface area contributed by atoms with Crippen molar-refractivity contribution in [1.29, 1.82) is 0 Å². The van der Waals surface area contributed by atoms with Crippen LogP contribution in [0, 0.1) is 6.92 Å². The molecule has 1 amide bonds. The number of rotatable bonds is 6. The molecular formula is C17H20N2O3S2. The maximum absolute atomic E-state index is 12.2. The molecule has 5 nitrogen and oxygen atoms in total. The number of benzene rings is 2. The molecule has 0 bridgehead atoms. The third kappa shape index (κ3) is 5.36. The molecular weight excluding hydrogens is 344 g/mol. The minimum Gasteiger partial charge on any atom is -0.351 e. The molecule has 0 saturated heterocycles. The molecule has 0 radical (unpaired) electrons. The van der Waals surface area contributed by atoms with Gasteiger partial charge in [0.1, 0.15) is 0 Å². The average molecular weight is 364 g/mol. The highest BCUT2D eigenvalue weighted by Gasteiger charge is 2.14. The SMILES string of the molecule is Cc1ccc(SC(C)C(=O)NCc2ccc(S(N)(=O)=O)cc2)cc1. The summed E-state index contributed by atoms with van der Waals surface area (Å²) in [6.45, 7) is 4.21. The summed E-state index contributed by atoms with van der Waals surface area (Å²) in [5.41, 5.74) is 1.99. The van der Waals surface area contributed by atoms with E-state index in [-0.39, 0.29) is 16.1 Å². The van der Waals surface area contributed by atoms with E-state index in [1.54, 1.807) is 12.1 Å². The zero-order valence-electron chi connectivity index (χ0n) is 13.5. The van der Waals surface area contributed by atoms with Crippen molar-refractivity contribution in [3.8, 4) is 0 Å². The second kappa shape index (κ2) is 7.83. The Labute approximate surface area is 146 Å². The molecule has 0 aliphatic rings. The molecule has 2 rings (SSSR count). The van der Waals surface area contributed by atoms with Crippen LogP contribution < -0.4 is 10.5 Å². The van der Waals surface area contributed by atoms with Gasteiger partial charge in [-0.05, 0) is 43.7 Å². The van der Waals surface area contributed by atoms with E-state index >= 15 is 0 Å². The van der Waals surface area contributed by atoms with Gasteiger partial charge in [0, 0.05) is 11.4 Å². The van der Waals surface area contributed by atoms with Gasteiger partial charge in [-0.15, -0.1) is 11.8 Å². The van der Waals surface area contributed by atoms with Gasteiger partial charge in [0.15, 0.2) is 0 Å². The van der Waals surface area contributed by atoms with Crippen LogP contribution in [0.5, 0.6) is 0 Å². The molecule has 0 aliphatic heterocycles. The first-order valence-corrected chi connectivity index (χ1v) is 9.81. The molecule has 0 fully saturated rings. The Hall–Kier alpha value is -1.83. The van der Waals surface area contributed by atoms with Crippen LogP contribution in [-0.2, 0) is 21.4 Å². The van der Waals surface area contributed by atoms with Crippen molar-refractivity contribution in [3.05, 3.63) is 59.7 Å². The van der Waals surface area contributed by atoms with Crippen LogP contribution in [0.15, 0.2) is 58.3 Å². The molecule has 7 heteroatoms. The molecule has 0 aliphatic carbocycles. The highest BCUT2D eigenvalue weighted by atomic mass is 32.2. The maximum Gasteiger partial charge on any atom is 0.238 e. The topological polar surface area (TPSA) is 89.3 Å². The highest BCUT2D eigenvalue weighted by molar-refractivity contribution is 8.00. The summed E-state index contributed by atoms with van der Waals surface area (Å²) < 4.78 is 22.4. The summed E-state index contributed by atoms with van der Waals surface area (Å²) in [5, 5.41) is 7.67. The third-order valence-corrected chi connectivity index (χ3v) is 5.46. The lowest BCUT2D eigenvalue weighted by molar-refractivity contribution is -0.120. The summed E-state index contributed by atoms with van der Waals surface area (Å²) in [4.78, 5) is 13.3. The van der Waals surface area contributed by atoms with E-state index in [1.807, 2.05) is 38.1 Å². The summed E-state index contributed by atoms with van der Waals surface area (Å²) in [6.07, 6.45) is 0. The van der Waals surface area contributed by atoms with Crippen molar-refractivity contribution in [1.82, 2.24) is 5.32 Å². The number of hydrogen-bond donors (Lipinski definition) is 2. The maximum atomic E-state index is 12.2. The lowest BCUT2D eigenvalue weighted by atomic mass is 10.2. The number of amides is 1. The van der Waals surface area contributed by atoms with E-state index in [1.165, 1.54) is 29.5 Å². The van der Waals surface area contributed by atoms with Gasteiger partial charge in [0.05, 0.1) is 10.1 Å². The third-order valence-electron chi connectivity index (χ3n) is 3.42. The Morgan fingerprint density at radius 1 is 1.12 bits per heavy atom. The predicted octanol–water partition coefficient (Wildman–Crippen LogP) is 2.44. The molecule has 0 saturated carbocycles. The molecule has 1 unspecified atom stereocenters. The Bertz CT molecular complexity index is 801. The monoisotopic (exact) mass is 364 g/mol. The van der Waals surface area contributed by atoms with E-state index in [9.17, 15) is 13.2 Å². The largest absolute Gasteiger partial charge is 0.351 e. The van der Waals surface area contributed by atoms with Crippen LogP contribution in [-0.4, -0.2) is 19.6 Å². The average Bonchev–Trinajstić information content (AvgIpc) is 2.54. The predicted molar refractivity (Wildman–Crippen MR) is 96.2 cm³/mol. The van der Waals surface area contributed by atoms with E-state index in [2.05, 4.69) is 5.32 Å². The van der Waals surface area contributed by atoms with Crippen LogP contribution >= 0.6 is 11.8 Å². The van der Waals surface area contributed by atoms with Crippen molar-refractivity contribution in [3.63, 3.8) is 0 Å². The lowest BCUT2D eigenvalue weighted by Crippen LogP contribution is -2.30. The number of primary sulfonamides is 1. The number of nitrogens with two attached hydrogens (primary N) is 1. The summed E-state index contributed by atoms with van der Waals surface area (Å²) >= 11 is 1.49. The molecule has 24 heavy (non-hydrogen) atoms. The number of carbonyl (C=O) groups is 1. The smallest absolute Gasteiger partial charge is 0.238 e. The fraction of sp³-hybridized carbons (Fsp3) is 0.235. The first kappa shape index (κ1) is 18.5. The van der Waals surface area contributed by atoms with E-state index < -0.39 is 10.0 Å². The number of aryl methyl sites for hydroxylation is 1. The first-order chi connectivity index (χ1) is 11.3. The van der Waals surface area contributed by atoms with E-state index in [0.717, 1.165) is 10.5 Å². The molecule has 2 aromatic carbocycles. The van der Waals surface area contributed by atoms with Crippen molar-refractivity contribution >= 4 is 27.7 Å². The second-order valence-corrected chi connectivity index (χ2v) is 8.46. The molecule has 3 N–H and O–H groups in total. The molecule has 0 spiro atoms. The van der Waals surface area contributed by atoms with Crippen LogP contribution in [0.2, 0.25) is 0 Å². The fourth-order valence-electron chi connectivity index (χ4n) is 2.00. The van der Waals surface area contributed by atoms with Crippen molar-refractivity contribution in [2.45, 2.75) is 35.4 Å². The number of carbonyl (C=O) groups excluding carboxylic acids is 1. The van der Waals surface area contributed by atoms with Crippen LogP contribution in [0.4, 0.5) is 0 Å². The summed E-state index contributed by atoms with van der Waals surface area (Å²) in [5.74, 6) is -0.0731. The normalized spacial score (nSPS) is 12.6. The Balaban J connectivity index is 1.89. The van der Waals surface area contributed by atoms with Crippen LogP contribution in [0.25, 0.3) is 0 Å². The molecule has 128 valence electrons. The Morgan fingerprint density at radius 2 is 1.71 bits per heavy atom.